The molecule has 0 saturated carbocycles. The quantitative estimate of drug-likeness (QED) is 0.907. The van der Waals surface area contributed by atoms with Crippen LogP contribution < -0.4 is 15.5 Å². The Morgan fingerprint density at radius 1 is 1.14 bits per heavy atom. The predicted molar refractivity (Wildman–Crippen MR) is 87.8 cm³/mol. The van der Waals surface area contributed by atoms with E-state index in [0.717, 1.165) is 16.8 Å². The Bertz CT molecular complexity index is 653. The number of nitrogens with one attached hydrogen (secondary N) is 2. The summed E-state index contributed by atoms with van der Waals surface area (Å²) in [7, 11) is 3.95. The fourth-order valence-electron chi connectivity index (χ4n) is 1.99. The monoisotopic (exact) mass is 301 g/mol. The molecule has 2 amide bonds. The summed E-state index contributed by atoms with van der Waals surface area (Å²) in [5.74, 6) is -0.375. The molecule has 2 aromatic carbocycles. The number of hydrogen-bond donors (Lipinski definition) is 2. The van der Waals surface area contributed by atoms with Crippen molar-refractivity contribution in [3.63, 3.8) is 0 Å². The van der Waals surface area contributed by atoms with Crippen molar-refractivity contribution < 1.29 is 9.18 Å². The largest absolute Gasteiger partial charge is 0.378 e. The van der Waals surface area contributed by atoms with Crippen molar-refractivity contribution in [2.75, 3.05) is 24.3 Å². The minimum absolute atomic E-state index is 0.356. The molecule has 4 nitrogen and oxygen atoms in total. The molecular weight excluding hydrogens is 281 g/mol. The van der Waals surface area contributed by atoms with Gasteiger partial charge in [-0.2, -0.15) is 0 Å². The highest BCUT2D eigenvalue weighted by atomic mass is 19.1. The van der Waals surface area contributed by atoms with Crippen molar-refractivity contribution in [2.24, 2.45) is 0 Å². The first-order chi connectivity index (χ1) is 10.5. The SMILES string of the molecule is Cc1ccc(F)cc1NC(=O)NCc1ccc(N(C)C)cc1. The fourth-order valence-corrected chi connectivity index (χ4v) is 1.99. The predicted octanol–water partition coefficient (Wildman–Crippen LogP) is 3.52. The number of nitrogens with zero attached hydrogens (tertiary/aromatic N) is 1. The van der Waals surface area contributed by atoms with Crippen molar-refractivity contribution >= 4 is 17.4 Å². The summed E-state index contributed by atoms with van der Waals surface area (Å²) in [4.78, 5) is 13.9. The number of hydrogen-bond acceptors (Lipinski definition) is 2. The van der Waals surface area contributed by atoms with Crippen LogP contribution in [0.15, 0.2) is 42.5 Å². The second-order valence-corrected chi connectivity index (χ2v) is 5.33. The maximum absolute atomic E-state index is 13.2. The molecule has 5 heteroatoms. The molecule has 0 spiro atoms. The number of urea groups is 1. The average molecular weight is 301 g/mol. The molecule has 0 atom stereocenters. The molecule has 0 aromatic heterocycles. The maximum atomic E-state index is 13.2. The van der Waals surface area contributed by atoms with E-state index in [-0.39, 0.29) is 11.8 Å². The number of amides is 2. The topological polar surface area (TPSA) is 44.4 Å². The van der Waals surface area contributed by atoms with Crippen LogP contribution in [0.2, 0.25) is 0 Å². The summed E-state index contributed by atoms with van der Waals surface area (Å²) in [6.07, 6.45) is 0. The Morgan fingerprint density at radius 3 is 2.45 bits per heavy atom. The number of anilines is 2. The molecular formula is C17H20FN3O. The van der Waals surface area contributed by atoms with E-state index in [4.69, 9.17) is 0 Å². The van der Waals surface area contributed by atoms with Crippen LogP contribution in [0.4, 0.5) is 20.6 Å². The summed E-state index contributed by atoms with van der Waals surface area (Å²) < 4.78 is 13.2. The molecule has 0 unspecified atom stereocenters. The number of aryl methyl sites for hydroxylation is 1. The minimum atomic E-state index is -0.375. The van der Waals surface area contributed by atoms with Gasteiger partial charge in [-0.15, -0.1) is 0 Å². The van der Waals surface area contributed by atoms with E-state index in [2.05, 4.69) is 10.6 Å². The molecule has 116 valence electrons. The third kappa shape index (κ3) is 4.22. The molecule has 0 aliphatic heterocycles. The van der Waals surface area contributed by atoms with Gasteiger partial charge in [0.15, 0.2) is 0 Å². The highest BCUT2D eigenvalue weighted by molar-refractivity contribution is 5.90. The standard InChI is InChI=1S/C17H20FN3O/c1-12-4-7-14(18)10-16(12)20-17(22)19-11-13-5-8-15(9-6-13)21(2)3/h4-10H,11H2,1-3H3,(H2,19,20,22). The highest BCUT2D eigenvalue weighted by Gasteiger charge is 2.05. The van der Waals surface area contributed by atoms with E-state index in [1.807, 2.05) is 50.2 Å². The van der Waals surface area contributed by atoms with Crippen LogP contribution in [-0.2, 0) is 6.54 Å². The highest BCUT2D eigenvalue weighted by Crippen LogP contribution is 2.16. The lowest BCUT2D eigenvalue weighted by molar-refractivity contribution is 0.251. The molecule has 2 N–H and O–H groups in total. The van der Waals surface area contributed by atoms with Gasteiger partial charge in [0.2, 0.25) is 0 Å². The minimum Gasteiger partial charge on any atom is -0.378 e. The van der Waals surface area contributed by atoms with E-state index >= 15 is 0 Å². The number of rotatable bonds is 4. The second kappa shape index (κ2) is 6.93. The first kappa shape index (κ1) is 15.8. The lowest BCUT2D eigenvalue weighted by atomic mass is 10.2. The van der Waals surface area contributed by atoms with Crippen molar-refractivity contribution in [1.29, 1.82) is 0 Å². The van der Waals surface area contributed by atoms with Gasteiger partial charge in [-0.25, -0.2) is 9.18 Å². The summed E-state index contributed by atoms with van der Waals surface area (Å²) in [6, 6.07) is 11.9. The Kier molecular flexibility index (Phi) is 4.99. The zero-order valence-electron chi connectivity index (χ0n) is 13.0. The first-order valence-electron chi connectivity index (χ1n) is 7.03. The number of carbonyl (C=O) groups is 1. The summed E-state index contributed by atoms with van der Waals surface area (Å²) >= 11 is 0. The van der Waals surface area contributed by atoms with Gasteiger partial charge in [-0.1, -0.05) is 18.2 Å². The lowest BCUT2D eigenvalue weighted by Crippen LogP contribution is -2.28. The normalized spacial score (nSPS) is 10.2. The van der Waals surface area contributed by atoms with Gasteiger partial charge >= 0.3 is 6.03 Å². The Hall–Kier alpha value is -2.56. The average Bonchev–Trinajstić information content (AvgIpc) is 2.49. The van der Waals surface area contributed by atoms with E-state index in [1.165, 1.54) is 12.1 Å². The molecule has 0 saturated heterocycles. The van der Waals surface area contributed by atoms with Crippen LogP contribution in [0.25, 0.3) is 0 Å². The fraction of sp³-hybridized carbons (Fsp3) is 0.235. The number of halogens is 1. The van der Waals surface area contributed by atoms with Gasteiger partial charge in [-0.3, -0.25) is 0 Å². The molecule has 0 radical (unpaired) electrons. The molecule has 0 fully saturated rings. The van der Waals surface area contributed by atoms with Crippen molar-refractivity contribution in [2.45, 2.75) is 13.5 Å². The summed E-state index contributed by atoms with van der Waals surface area (Å²) in [5, 5.41) is 5.41. The Labute approximate surface area is 129 Å². The van der Waals surface area contributed by atoms with E-state index < -0.39 is 0 Å². The van der Waals surface area contributed by atoms with Gasteiger partial charge in [-0.05, 0) is 42.3 Å². The van der Waals surface area contributed by atoms with Crippen molar-refractivity contribution in [1.82, 2.24) is 5.32 Å². The van der Waals surface area contributed by atoms with Gasteiger partial charge in [0.05, 0.1) is 0 Å². The Balaban J connectivity index is 1.91. The van der Waals surface area contributed by atoms with Crippen LogP contribution in [0.3, 0.4) is 0 Å². The van der Waals surface area contributed by atoms with Crippen LogP contribution in [0.5, 0.6) is 0 Å². The van der Waals surface area contributed by atoms with Gasteiger partial charge in [0, 0.05) is 32.0 Å². The van der Waals surface area contributed by atoms with E-state index in [1.54, 1.807) is 6.07 Å². The van der Waals surface area contributed by atoms with Crippen LogP contribution >= 0.6 is 0 Å². The molecule has 0 aliphatic carbocycles. The smallest absolute Gasteiger partial charge is 0.319 e. The second-order valence-electron chi connectivity index (χ2n) is 5.33. The lowest BCUT2D eigenvalue weighted by Gasteiger charge is -2.13. The summed E-state index contributed by atoms with van der Waals surface area (Å²) in [6.45, 7) is 2.23. The van der Waals surface area contributed by atoms with E-state index in [0.29, 0.717) is 12.2 Å². The Morgan fingerprint density at radius 2 is 1.82 bits per heavy atom. The maximum Gasteiger partial charge on any atom is 0.319 e. The van der Waals surface area contributed by atoms with Gasteiger partial charge in [0.1, 0.15) is 5.82 Å². The zero-order valence-corrected chi connectivity index (χ0v) is 13.0. The molecule has 2 aromatic rings. The molecule has 22 heavy (non-hydrogen) atoms. The third-order valence-electron chi connectivity index (χ3n) is 3.35. The third-order valence-corrected chi connectivity index (χ3v) is 3.35. The molecule has 0 bridgehead atoms. The van der Waals surface area contributed by atoms with Crippen molar-refractivity contribution in [3.05, 3.63) is 59.4 Å². The molecule has 0 heterocycles. The number of carbonyl (C=O) groups excluding carboxylic acids is 1. The van der Waals surface area contributed by atoms with Crippen LogP contribution in [-0.4, -0.2) is 20.1 Å². The molecule has 0 aliphatic rings. The van der Waals surface area contributed by atoms with E-state index in [9.17, 15) is 9.18 Å². The first-order valence-corrected chi connectivity index (χ1v) is 7.03. The number of benzene rings is 2. The summed E-state index contributed by atoms with van der Waals surface area (Å²) in [5.41, 5.74) is 3.38. The van der Waals surface area contributed by atoms with Crippen molar-refractivity contribution in [3.8, 4) is 0 Å². The van der Waals surface area contributed by atoms with Gasteiger partial charge < -0.3 is 15.5 Å². The van der Waals surface area contributed by atoms with Crippen LogP contribution in [0.1, 0.15) is 11.1 Å². The van der Waals surface area contributed by atoms with Crippen LogP contribution in [0, 0.1) is 12.7 Å². The zero-order chi connectivity index (χ0) is 16.1. The van der Waals surface area contributed by atoms with Gasteiger partial charge in [0.25, 0.3) is 0 Å². The molecule has 2 rings (SSSR count).